The first-order valence-electron chi connectivity index (χ1n) is 10.5. The van der Waals surface area contributed by atoms with E-state index in [9.17, 15) is 9.50 Å². The lowest BCUT2D eigenvalue weighted by Crippen LogP contribution is -2.18. The minimum absolute atomic E-state index is 0.0919. The van der Waals surface area contributed by atoms with Crippen LogP contribution in [0.2, 0.25) is 0 Å². The van der Waals surface area contributed by atoms with E-state index < -0.39 is 0 Å². The number of aliphatic hydroxyl groups excluding tert-OH is 1. The standard InChI is InChI=1S/C24H24FN5O/c1-15-10-19(25)6-7-20(15)21-4-3-9-30-24(21)27-23(28-30)17-5-8-22(18(11-17)13-31)29-12-16(2)26-14-29/h5-8,10-12,14,21,31H,3-4,9,13H2,1-2H3. The highest BCUT2D eigenvalue weighted by molar-refractivity contribution is 5.60. The van der Waals surface area contributed by atoms with E-state index in [0.29, 0.717) is 5.82 Å². The maximum absolute atomic E-state index is 13.6. The van der Waals surface area contributed by atoms with Crippen LogP contribution in [0, 0.1) is 19.7 Å². The SMILES string of the molecule is Cc1cn(-c2ccc(-c3nc4n(n3)CCCC4c3ccc(F)cc3C)cc2CO)cn1. The van der Waals surface area contributed by atoms with Gasteiger partial charge in [0.25, 0.3) is 0 Å². The van der Waals surface area contributed by atoms with E-state index in [2.05, 4.69) is 4.98 Å². The summed E-state index contributed by atoms with van der Waals surface area (Å²) in [6.07, 6.45) is 5.63. The largest absolute Gasteiger partial charge is 0.392 e. The van der Waals surface area contributed by atoms with Gasteiger partial charge in [-0.15, -0.1) is 0 Å². The van der Waals surface area contributed by atoms with Crippen molar-refractivity contribution in [2.75, 3.05) is 0 Å². The fourth-order valence-corrected chi connectivity index (χ4v) is 4.45. The number of imidazole rings is 1. The lowest BCUT2D eigenvalue weighted by molar-refractivity contribution is 0.281. The minimum atomic E-state index is -0.219. The van der Waals surface area contributed by atoms with Crippen LogP contribution in [-0.2, 0) is 13.2 Å². The zero-order valence-corrected chi connectivity index (χ0v) is 17.6. The fraction of sp³-hybridized carbons (Fsp3) is 0.292. The van der Waals surface area contributed by atoms with E-state index in [1.807, 2.05) is 53.6 Å². The van der Waals surface area contributed by atoms with Crippen molar-refractivity contribution in [3.8, 4) is 17.1 Å². The number of hydrogen-bond donors (Lipinski definition) is 1. The van der Waals surface area contributed by atoms with Gasteiger partial charge < -0.3 is 9.67 Å². The molecule has 3 heterocycles. The number of hydrogen-bond acceptors (Lipinski definition) is 4. The van der Waals surface area contributed by atoms with E-state index >= 15 is 0 Å². The first kappa shape index (κ1) is 19.6. The van der Waals surface area contributed by atoms with Crippen molar-refractivity contribution in [2.24, 2.45) is 0 Å². The van der Waals surface area contributed by atoms with Crippen LogP contribution in [0.15, 0.2) is 48.9 Å². The highest BCUT2D eigenvalue weighted by atomic mass is 19.1. The second kappa shape index (κ2) is 7.74. The summed E-state index contributed by atoms with van der Waals surface area (Å²) in [5.74, 6) is 1.44. The first-order chi connectivity index (χ1) is 15.0. The Morgan fingerprint density at radius 1 is 1.16 bits per heavy atom. The van der Waals surface area contributed by atoms with Gasteiger partial charge in [0.1, 0.15) is 11.6 Å². The summed E-state index contributed by atoms with van der Waals surface area (Å²) < 4.78 is 17.5. The zero-order chi connectivity index (χ0) is 21.5. The molecule has 1 atom stereocenters. The van der Waals surface area contributed by atoms with Crippen molar-refractivity contribution in [3.63, 3.8) is 0 Å². The lowest BCUT2D eigenvalue weighted by Gasteiger charge is -2.23. The Hall–Kier alpha value is -3.32. The van der Waals surface area contributed by atoms with Gasteiger partial charge in [-0.2, -0.15) is 5.10 Å². The van der Waals surface area contributed by atoms with Crippen LogP contribution in [0.4, 0.5) is 4.39 Å². The van der Waals surface area contributed by atoms with Crippen LogP contribution in [0.1, 0.15) is 47.0 Å². The highest BCUT2D eigenvalue weighted by Crippen LogP contribution is 2.35. The fourth-order valence-electron chi connectivity index (χ4n) is 4.45. The quantitative estimate of drug-likeness (QED) is 0.537. The summed E-state index contributed by atoms with van der Waals surface area (Å²) in [7, 11) is 0. The highest BCUT2D eigenvalue weighted by Gasteiger charge is 2.27. The third kappa shape index (κ3) is 3.55. The molecule has 6 nitrogen and oxygen atoms in total. The Morgan fingerprint density at radius 2 is 2.03 bits per heavy atom. The van der Waals surface area contributed by atoms with Crippen molar-refractivity contribution in [1.82, 2.24) is 24.3 Å². The topological polar surface area (TPSA) is 68.8 Å². The monoisotopic (exact) mass is 417 g/mol. The van der Waals surface area contributed by atoms with Crippen molar-refractivity contribution >= 4 is 0 Å². The molecule has 0 saturated carbocycles. The van der Waals surface area contributed by atoms with Gasteiger partial charge in [-0.3, -0.25) is 0 Å². The van der Waals surface area contributed by atoms with E-state index in [-0.39, 0.29) is 18.3 Å². The van der Waals surface area contributed by atoms with Crippen molar-refractivity contribution in [2.45, 2.75) is 45.8 Å². The van der Waals surface area contributed by atoms with Crippen LogP contribution in [0.5, 0.6) is 0 Å². The van der Waals surface area contributed by atoms with Gasteiger partial charge in [0.15, 0.2) is 5.82 Å². The molecule has 0 amide bonds. The van der Waals surface area contributed by atoms with Crippen LogP contribution in [0.25, 0.3) is 17.1 Å². The molecule has 4 aromatic rings. The molecule has 2 aromatic carbocycles. The van der Waals surface area contributed by atoms with Gasteiger partial charge in [-0.25, -0.2) is 19.0 Å². The summed E-state index contributed by atoms with van der Waals surface area (Å²) >= 11 is 0. The van der Waals surface area contributed by atoms with Crippen molar-refractivity contribution < 1.29 is 9.50 Å². The number of rotatable bonds is 4. The van der Waals surface area contributed by atoms with Gasteiger partial charge in [-0.1, -0.05) is 6.07 Å². The number of benzene rings is 2. The van der Waals surface area contributed by atoms with E-state index in [1.165, 1.54) is 6.07 Å². The van der Waals surface area contributed by atoms with E-state index in [1.54, 1.807) is 12.4 Å². The summed E-state index contributed by atoms with van der Waals surface area (Å²) in [6.45, 7) is 4.60. The Balaban J connectivity index is 1.53. The molecule has 158 valence electrons. The van der Waals surface area contributed by atoms with Crippen LogP contribution in [-0.4, -0.2) is 29.4 Å². The molecule has 0 aliphatic carbocycles. The molecule has 1 aliphatic heterocycles. The number of aromatic nitrogens is 5. The third-order valence-electron chi connectivity index (χ3n) is 5.98. The normalized spacial score (nSPS) is 15.8. The molecule has 31 heavy (non-hydrogen) atoms. The number of halogens is 1. The number of aliphatic hydroxyl groups is 1. The van der Waals surface area contributed by atoms with Crippen molar-refractivity contribution in [1.29, 1.82) is 0 Å². The summed E-state index contributed by atoms with van der Waals surface area (Å²) in [5, 5.41) is 14.7. The Morgan fingerprint density at radius 3 is 2.77 bits per heavy atom. The Bertz CT molecular complexity index is 1260. The molecule has 7 heteroatoms. The molecule has 2 aromatic heterocycles. The first-order valence-corrected chi connectivity index (χ1v) is 10.5. The molecule has 0 radical (unpaired) electrons. The molecule has 1 N–H and O–H groups in total. The molecule has 5 rings (SSSR count). The maximum Gasteiger partial charge on any atom is 0.181 e. The molecule has 1 unspecified atom stereocenters. The molecule has 0 spiro atoms. The summed E-state index contributed by atoms with van der Waals surface area (Å²) in [6, 6.07) is 10.8. The van der Waals surface area contributed by atoms with Gasteiger partial charge in [0, 0.05) is 29.8 Å². The van der Waals surface area contributed by atoms with Crippen LogP contribution in [0.3, 0.4) is 0 Å². The Labute approximate surface area is 180 Å². The number of fused-ring (bicyclic) bond motifs is 1. The summed E-state index contributed by atoms with van der Waals surface area (Å²) in [5.41, 5.74) is 5.48. The van der Waals surface area contributed by atoms with Gasteiger partial charge in [-0.05, 0) is 68.1 Å². The number of nitrogens with zero attached hydrogens (tertiary/aromatic N) is 5. The van der Waals surface area contributed by atoms with E-state index in [4.69, 9.17) is 10.1 Å². The molecular weight excluding hydrogens is 393 g/mol. The smallest absolute Gasteiger partial charge is 0.181 e. The van der Waals surface area contributed by atoms with Crippen molar-refractivity contribution in [3.05, 3.63) is 82.9 Å². The van der Waals surface area contributed by atoms with E-state index in [0.717, 1.165) is 58.8 Å². The lowest BCUT2D eigenvalue weighted by atomic mass is 9.88. The van der Waals surface area contributed by atoms with Gasteiger partial charge in [0.05, 0.1) is 24.3 Å². The summed E-state index contributed by atoms with van der Waals surface area (Å²) in [4.78, 5) is 9.15. The Kier molecular flexibility index (Phi) is 4.90. The van der Waals surface area contributed by atoms with Gasteiger partial charge >= 0.3 is 0 Å². The predicted octanol–water partition coefficient (Wildman–Crippen LogP) is 4.30. The average Bonchev–Trinajstić information content (AvgIpc) is 3.39. The molecular formula is C24H24FN5O. The maximum atomic E-state index is 13.6. The number of aryl methyl sites for hydroxylation is 3. The van der Waals surface area contributed by atoms with Crippen LogP contribution >= 0.6 is 0 Å². The second-order valence-corrected chi connectivity index (χ2v) is 8.14. The minimum Gasteiger partial charge on any atom is -0.392 e. The molecule has 0 bridgehead atoms. The van der Waals surface area contributed by atoms with Crippen LogP contribution < -0.4 is 0 Å². The predicted molar refractivity (Wildman–Crippen MR) is 115 cm³/mol. The molecule has 0 saturated heterocycles. The molecule has 1 aliphatic rings. The third-order valence-corrected chi connectivity index (χ3v) is 5.98. The molecule has 0 fully saturated rings. The second-order valence-electron chi connectivity index (χ2n) is 8.14. The van der Waals surface area contributed by atoms with Gasteiger partial charge in [0.2, 0.25) is 0 Å². The zero-order valence-electron chi connectivity index (χ0n) is 17.6. The average molecular weight is 417 g/mol.